The van der Waals surface area contributed by atoms with Gasteiger partial charge in [-0.1, -0.05) is 0 Å². The van der Waals surface area contributed by atoms with Gasteiger partial charge in [-0.05, 0) is 6.07 Å². The highest BCUT2D eigenvalue weighted by Crippen LogP contribution is 2.43. The van der Waals surface area contributed by atoms with E-state index in [0.29, 0.717) is 0 Å². The summed E-state index contributed by atoms with van der Waals surface area (Å²) in [5.41, 5.74) is 4.50. The fourth-order valence-electron chi connectivity index (χ4n) is 2.00. The van der Waals surface area contributed by atoms with Gasteiger partial charge in [0.25, 0.3) is 0 Å². The molecule has 1 aliphatic rings. The summed E-state index contributed by atoms with van der Waals surface area (Å²) >= 11 is 0. The minimum atomic E-state index is -4.91. The van der Waals surface area contributed by atoms with Crippen LogP contribution >= 0.6 is 7.82 Å². The number of nitrogen functional groups attached to an aromatic ring is 1. The fourth-order valence-corrected chi connectivity index (χ4v) is 2.58. The lowest BCUT2D eigenvalue weighted by Gasteiger charge is -2.20. The van der Waals surface area contributed by atoms with Crippen LogP contribution in [-0.2, 0) is 13.8 Å². The second-order valence-corrected chi connectivity index (χ2v) is 5.53. The Bertz CT molecular complexity index is 615. The molecule has 1 saturated heterocycles. The Labute approximate surface area is 117 Å². The quantitative estimate of drug-likeness (QED) is 0.374. The first-order chi connectivity index (χ1) is 9.73. The lowest BCUT2D eigenvalue weighted by atomic mass is 10.1. The summed E-state index contributed by atoms with van der Waals surface area (Å²) in [7, 11) is -4.91. The number of ether oxygens (including phenoxy) is 1. The van der Waals surface area contributed by atoms with Crippen molar-refractivity contribution in [3.63, 3.8) is 0 Å². The van der Waals surface area contributed by atoms with Gasteiger partial charge in [0.1, 0.15) is 24.1 Å². The molecule has 1 aliphatic heterocycles. The van der Waals surface area contributed by atoms with Crippen LogP contribution in [0.2, 0.25) is 0 Å². The van der Waals surface area contributed by atoms with Crippen LogP contribution in [0, 0.1) is 0 Å². The van der Waals surface area contributed by atoms with Gasteiger partial charge in [0, 0.05) is 6.20 Å². The van der Waals surface area contributed by atoms with Crippen LogP contribution in [0.1, 0.15) is 6.23 Å². The number of aromatic nitrogens is 2. The van der Waals surface area contributed by atoms with Gasteiger partial charge in [-0.25, -0.2) is 9.36 Å². The van der Waals surface area contributed by atoms with E-state index in [4.69, 9.17) is 25.4 Å². The van der Waals surface area contributed by atoms with Gasteiger partial charge in [-0.3, -0.25) is 9.09 Å². The molecule has 0 unspecified atom stereocenters. The molecule has 0 bridgehead atoms. The Morgan fingerprint density at radius 1 is 1.52 bits per heavy atom. The predicted molar refractivity (Wildman–Crippen MR) is 66.8 cm³/mol. The number of hydrogen-bond acceptors (Lipinski definition) is 8. The van der Waals surface area contributed by atoms with Crippen LogP contribution < -0.4 is 11.4 Å². The topological polar surface area (TPSA) is 177 Å². The first-order valence-corrected chi connectivity index (χ1v) is 7.29. The van der Waals surface area contributed by atoms with E-state index in [9.17, 15) is 14.5 Å². The van der Waals surface area contributed by atoms with E-state index >= 15 is 0 Å². The molecule has 118 valence electrons. The number of aliphatic hydroxyl groups excluding tert-OH is 2. The lowest BCUT2D eigenvalue weighted by Crippen LogP contribution is -2.37. The van der Waals surface area contributed by atoms with Gasteiger partial charge >= 0.3 is 13.5 Å². The van der Waals surface area contributed by atoms with Crippen molar-refractivity contribution in [1.82, 2.24) is 9.55 Å². The molecular weight excluding hydrogens is 309 g/mol. The standard InChI is InChI=1S/C9H14N3O8P/c10-5-1-2-12(9(15)11-5)8-6(14)7(4(3-13)19-8)20-21(16,17)18/h1-2,4,6-8,13-14H,3H2,(H2,10,11,15)(H2,16,17,18)/t4-,6+,7-,8+/m1/s1. The molecule has 0 radical (unpaired) electrons. The Morgan fingerprint density at radius 3 is 2.71 bits per heavy atom. The van der Waals surface area contributed by atoms with Crippen LogP contribution in [0.15, 0.2) is 17.1 Å². The number of phosphoric acid groups is 1. The van der Waals surface area contributed by atoms with E-state index in [1.807, 2.05) is 0 Å². The van der Waals surface area contributed by atoms with Crippen molar-refractivity contribution in [2.24, 2.45) is 0 Å². The number of phosphoric ester groups is 1. The van der Waals surface area contributed by atoms with Crippen LogP contribution in [0.25, 0.3) is 0 Å². The van der Waals surface area contributed by atoms with Crippen LogP contribution in [0.4, 0.5) is 5.82 Å². The van der Waals surface area contributed by atoms with E-state index in [0.717, 1.165) is 4.57 Å². The highest BCUT2D eigenvalue weighted by Gasteiger charge is 2.48. The average molecular weight is 323 g/mol. The van der Waals surface area contributed by atoms with Crippen molar-refractivity contribution in [1.29, 1.82) is 0 Å². The second-order valence-electron chi connectivity index (χ2n) is 4.34. The van der Waals surface area contributed by atoms with Crippen molar-refractivity contribution in [2.75, 3.05) is 12.3 Å². The van der Waals surface area contributed by atoms with Gasteiger partial charge in [0.2, 0.25) is 0 Å². The highest BCUT2D eigenvalue weighted by atomic mass is 31.2. The maximum Gasteiger partial charge on any atom is 0.470 e. The van der Waals surface area contributed by atoms with Gasteiger partial charge in [0.05, 0.1) is 6.61 Å². The first kappa shape index (κ1) is 16.0. The van der Waals surface area contributed by atoms with E-state index in [1.165, 1.54) is 12.3 Å². The molecule has 2 rings (SSSR count). The first-order valence-electron chi connectivity index (χ1n) is 5.76. The summed E-state index contributed by atoms with van der Waals surface area (Å²) in [4.78, 5) is 32.7. The zero-order chi connectivity index (χ0) is 15.8. The van der Waals surface area contributed by atoms with Gasteiger partial charge in [0.15, 0.2) is 6.23 Å². The molecule has 2 heterocycles. The number of aliphatic hydroxyl groups is 2. The maximum absolute atomic E-state index is 11.7. The van der Waals surface area contributed by atoms with Crippen molar-refractivity contribution >= 4 is 13.6 Å². The zero-order valence-corrected chi connectivity index (χ0v) is 11.4. The molecule has 1 aromatic rings. The Morgan fingerprint density at radius 2 is 2.19 bits per heavy atom. The minimum Gasteiger partial charge on any atom is -0.394 e. The van der Waals surface area contributed by atoms with E-state index in [1.54, 1.807) is 0 Å². The van der Waals surface area contributed by atoms with Crippen molar-refractivity contribution in [3.05, 3.63) is 22.7 Å². The molecule has 11 nitrogen and oxygen atoms in total. The number of hydrogen-bond donors (Lipinski definition) is 5. The third-order valence-electron chi connectivity index (χ3n) is 2.87. The molecule has 0 amide bonds. The molecule has 6 N–H and O–H groups in total. The van der Waals surface area contributed by atoms with Gasteiger partial charge in [-0.15, -0.1) is 0 Å². The second kappa shape index (κ2) is 5.81. The van der Waals surface area contributed by atoms with Crippen molar-refractivity contribution in [2.45, 2.75) is 24.5 Å². The number of anilines is 1. The summed E-state index contributed by atoms with van der Waals surface area (Å²) in [5, 5.41) is 19.2. The van der Waals surface area contributed by atoms with Crippen LogP contribution in [0.3, 0.4) is 0 Å². The molecule has 0 aliphatic carbocycles. The maximum atomic E-state index is 11.7. The van der Waals surface area contributed by atoms with Crippen molar-refractivity contribution in [3.8, 4) is 0 Å². The van der Waals surface area contributed by atoms with Crippen LogP contribution in [-0.4, -0.2) is 54.5 Å². The van der Waals surface area contributed by atoms with Gasteiger partial charge in [-0.2, -0.15) is 4.98 Å². The molecular formula is C9H14N3O8P. The van der Waals surface area contributed by atoms with Crippen molar-refractivity contribution < 1.29 is 33.8 Å². The van der Waals surface area contributed by atoms with E-state index < -0.39 is 44.7 Å². The molecule has 21 heavy (non-hydrogen) atoms. The fraction of sp³-hybridized carbons (Fsp3) is 0.556. The largest absolute Gasteiger partial charge is 0.470 e. The lowest BCUT2D eigenvalue weighted by molar-refractivity contribution is -0.0548. The number of rotatable bonds is 4. The molecule has 0 aromatic carbocycles. The molecule has 12 heteroatoms. The summed E-state index contributed by atoms with van der Waals surface area (Å²) in [6.45, 7) is -0.671. The smallest absolute Gasteiger partial charge is 0.394 e. The van der Waals surface area contributed by atoms with Gasteiger partial charge < -0.3 is 30.5 Å². The Kier molecular flexibility index (Phi) is 4.44. The molecule has 4 atom stereocenters. The Balaban J connectivity index is 2.31. The van der Waals surface area contributed by atoms with E-state index in [-0.39, 0.29) is 5.82 Å². The normalized spacial score (nSPS) is 29.7. The predicted octanol–water partition coefficient (Wildman–Crippen LogP) is -2.45. The van der Waals surface area contributed by atoms with E-state index in [2.05, 4.69) is 9.51 Å². The van der Waals surface area contributed by atoms with Crippen LogP contribution in [0.5, 0.6) is 0 Å². The summed E-state index contributed by atoms with van der Waals surface area (Å²) in [6, 6.07) is 1.28. The summed E-state index contributed by atoms with van der Waals surface area (Å²) in [6.07, 6.45) is -4.45. The number of nitrogens with zero attached hydrogens (tertiary/aromatic N) is 2. The third-order valence-corrected chi connectivity index (χ3v) is 3.39. The summed E-state index contributed by atoms with van der Waals surface area (Å²) in [5.74, 6) is -0.0366. The molecule has 1 fully saturated rings. The molecule has 1 aromatic heterocycles. The zero-order valence-electron chi connectivity index (χ0n) is 10.5. The summed E-state index contributed by atoms with van der Waals surface area (Å²) < 4.78 is 21.4. The molecule has 0 saturated carbocycles. The Hall–Kier alpha value is -1.33. The third kappa shape index (κ3) is 3.47. The monoisotopic (exact) mass is 323 g/mol. The molecule has 0 spiro atoms. The SMILES string of the molecule is Nc1ccn([C@H]2O[C@H](CO)[C@@H](OP(=O)(O)O)[C@@H]2O)c(=O)n1. The minimum absolute atomic E-state index is 0.0366. The number of nitrogens with two attached hydrogens (primary N) is 1. The highest BCUT2D eigenvalue weighted by molar-refractivity contribution is 7.46. The average Bonchev–Trinajstić information content (AvgIpc) is 2.65.